The molecule has 196 valence electrons. The number of carbonyl (C=O) groups excluding carboxylic acids is 1. The quantitative estimate of drug-likeness (QED) is 0.234. The first kappa shape index (κ1) is 28.0. The molecule has 0 aliphatic heterocycles. The Balaban J connectivity index is 1.55. The molecule has 0 heterocycles. The Morgan fingerprint density at radius 1 is 0.919 bits per heavy atom. The van der Waals surface area contributed by atoms with Crippen molar-refractivity contribution in [3.8, 4) is 22.6 Å². The molecule has 0 saturated heterocycles. The summed E-state index contributed by atoms with van der Waals surface area (Å²) in [6.45, 7) is 9.30. The maximum Gasteiger partial charge on any atom is 0.335 e. The SMILES string of the molecule is CCOC(=O)[C@H](Cc1ccc(OCC=Cc2ccc(-c3cc(C(C)C)ccc3OC)cc2)cc1)OCC. The van der Waals surface area contributed by atoms with E-state index < -0.39 is 6.10 Å². The number of benzene rings is 3. The lowest BCUT2D eigenvalue weighted by Gasteiger charge is -2.15. The molecule has 5 nitrogen and oxygen atoms in total. The van der Waals surface area contributed by atoms with E-state index in [-0.39, 0.29) is 5.97 Å². The van der Waals surface area contributed by atoms with Crippen molar-refractivity contribution in [1.82, 2.24) is 0 Å². The molecule has 0 spiro atoms. The molecule has 0 unspecified atom stereocenters. The molecule has 0 aliphatic carbocycles. The second kappa shape index (κ2) is 14.2. The summed E-state index contributed by atoms with van der Waals surface area (Å²) in [7, 11) is 1.71. The number of hydrogen-bond acceptors (Lipinski definition) is 5. The fourth-order valence-electron chi connectivity index (χ4n) is 4.00. The molecule has 0 saturated carbocycles. The molecule has 3 rings (SSSR count). The normalized spacial score (nSPS) is 12.1. The van der Waals surface area contributed by atoms with Crippen LogP contribution in [-0.4, -0.2) is 39.0 Å². The number of hydrogen-bond donors (Lipinski definition) is 0. The van der Waals surface area contributed by atoms with Crippen LogP contribution in [0.3, 0.4) is 0 Å². The monoisotopic (exact) mass is 502 g/mol. The lowest BCUT2D eigenvalue weighted by atomic mass is 9.96. The summed E-state index contributed by atoms with van der Waals surface area (Å²) in [5.74, 6) is 1.78. The number of ether oxygens (including phenoxy) is 4. The van der Waals surface area contributed by atoms with Crippen molar-refractivity contribution in [2.75, 3.05) is 26.9 Å². The molecule has 3 aromatic rings. The Labute approximate surface area is 221 Å². The van der Waals surface area contributed by atoms with Crippen LogP contribution in [0, 0.1) is 0 Å². The van der Waals surface area contributed by atoms with Gasteiger partial charge in [-0.2, -0.15) is 0 Å². The number of esters is 1. The highest BCUT2D eigenvalue weighted by atomic mass is 16.6. The minimum Gasteiger partial charge on any atom is -0.496 e. The summed E-state index contributed by atoms with van der Waals surface area (Å²) in [6, 6.07) is 22.5. The van der Waals surface area contributed by atoms with Crippen LogP contribution >= 0.6 is 0 Å². The van der Waals surface area contributed by atoms with Crippen LogP contribution in [0.5, 0.6) is 11.5 Å². The molecular formula is C32H38O5. The fraction of sp³-hybridized carbons (Fsp3) is 0.344. The van der Waals surface area contributed by atoms with Gasteiger partial charge in [0.15, 0.2) is 6.10 Å². The smallest absolute Gasteiger partial charge is 0.335 e. The maximum absolute atomic E-state index is 12.1. The van der Waals surface area contributed by atoms with E-state index in [9.17, 15) is 4.79 Å². The average molecular weight is 503 g/mol. The summed E-state index contributed by atoms with van der Waals surface area (Å²) in [4.78, 5) is 12.1. The van der Waals surface area contributed by atoms with Crippen molar-refractivity contribution in [3.05, 3.63) is 89.5 Å². The predicted molar refractivity (Wildman–Crippen MR) is 149 cm³/mol. The van der Waals surface area contributed by atoms with E-state index in [0.29, 0.717) is 32.2 Å². The Morgan fingerprint density at radius 3 is 2.27 bits per heavy atom. The highest BCUT2D eigenvalue weighted by Gasteiger charge is 2.20. The lowest BCUT2D eigenvalue weighted by Crippen LogP contribution is -2.28. The molecule has 0 N–H and O–H groups in total. The molecule has 37 heavy (non-hydrogen) atoms. The van der Waals surface area contributed by atoms with Crippen LogP contribution in [0.25, 0.3) is 17.2 Å². The van der Waals surface area contributed by atoms with Gasteiger partial charge in [0.2, 0.25) is 0 Å². The van der Waals surface area contributed by atoms with Crippen molar-refractivity contribution < 1.29 is 23.7 Å². The maximum atomic E-state index is 12.1. The van der Waals surface area contributed by atoms with E-state index >= 15 is 0 Å². The van der Waals surface area contributed by atoms with Gasteiger partial charge in [-0.1, -0.05) is 62.4 Å². The number of rotatable bonds is 13. The van der Waals surface area contributed by atoms with E-state index in [1.54, 1.807) is 14.0 Å². The molecule has 0 amide bonds. The molecule has 0 aliphatic rings. The van der Waals surface area contributed by atoms with Crippen LogP contribution < -0.4 is 9.47 Å². The molecule has 3 aromatic carbocycles. The summed E-state index contributed by atoms with van der Waals surface area (Å²) >= 11 is 0. The Bertz CT molecular complexity index is 1150. The zero-order chi connectivity index (χ0) is 26.6. The highest BCUT2D eigenvalue weighted by molar-refractivity contribution is 5.75. The van der Waals surface area contributed by atoms with Crippen LogP contribution in [0.1, 0.15) is 50.3 Å². The second-order valence-corrected chi connectivity index (χ2v) is 8.99. The molecule has 0 aromatic heterocycles. The van der Waals surface area contributed by atoms with E-state index in [2.05, 4.69) is 50.2 Å². The Kier molecular flexibility index (Phi) is 10.8. The van der Waals surface area contributed by atoms with Crippen molar-refractivity contribution in [2.45, 2.75) is 46.1 Å². The lowest BCUT2D eigenvalue weighted by molar-refractivity contribution is -0.156. The fourth-order valence-corrected chi connectivity index (χ4v) is 4.00. The van der Waals surface area contributed by atoms with Gasteiger partial charge in [-0.15, -0.1) is 0 Å². The molecule has 5 heteroatoms. The van der Waals surface area contributed by atoms with Gasteiger partial charge in [-0.05, 0) is 72.4 Å². The van der Waals surface area contributed by atoms with Crippen molar-refractivity contribution in [3.63, 3.8) is 0 Å². The topological polar surface area (TPSA) is 54.0 Å². The van der Waals surface area contributed by atoms with Crippen LogP contribution in [0.15, 0.2) is 72.8 Å². The van der Waals surface area contributed by atoms with Crippen molar-refractivity contribution >= 4 is 12.0 Å². The molecule has 0 radical (unpaired) electrons. The van der Waals surface area contributed by atoms with Crippen LogP contribution in [0.2, 0.25) is 0 Å². The van der Waals surface area contributed by atoms with Crippen LogP contribution in [-0.2, 0) is 20.7 Å². The van der Waals surface area contributed by atoms with Gasteiger partial charge >= 0.3 is 5.97 Å². The first-order chi connectivity index (χ1) is 17.9. The van der Waals surface area contributed by atoms with E-state index in [4.69, 9.17) is 18.9 Å². The van der Waals surface area contributed by atoms with Gasteiger partial charge in [-0.25, -0.2) is 4.79 Å². The minimum atomic E-state index is -0.591. The van der Waals surface area contributed by atoms with Gasteiger partial charge < -0.3 is 18.9 Å². The Hall–Kier alpha value is -3.57. The summed E-state index contributed by atoms with van der Waals surface area (Å²) in [5, 5.41) is 0. The predicted octanol–water partition coefficient (Wildman–Crippen LogP) is 7.09. The highest BCUT2D eigenvalue weighted by Crippen LogP contribution is 2.33. The van der Waals surface area contributed by atoms with Gasteiger partial charge in [0.25, 0.3) is 0 Å². The van der Waals surface area contributed by atoms with Gasteiger partial charge in [0, 0.05) is 18.6 Å². The minimum absolute atomic E-state index is 0.328. The first-order valence-electron chi connectivity index (χ1n) is 12.9. The third kappa shape index (κ3) is 8.22. The standard InChI is InChI=1S/C32H38O5/c1-6-35-31(32(33)36-7-2)21-25-12-17-28(18-13-25)37-20-8-9-24-10-14-26(15-11-24)29-22-27(23(3)4)16-19-30(29)34-5/h8-19,22-23,31H,6-7,20-21H2,1-5H3/t31-/m0/s1. The van der Waals surface area contributed by atoms with Crippen molar-refractivity contribution in [1.29, 1.82) is 0 Å². The zero-order valence-electron chi connectivity index (χ0n) is 22.5. The summed E-state index contributed by atoms with van der Waals surface area (Å²) in [5.41, 5.74) is 5.61. The van der Waals surface area contributed by atoms with Crippen molar-refractivity contribution in [2.24, 2.45) is 0 Å². The number of methoxy groups -OCH3 is 1. The molecule has 0 fully saturated rings. The van der Waals surface area contributed by atoms with Gasteiger partial charge in [0.1, 0.15) is 18.1 Å². The van der Waals surface area contributed by atoms with E-state index in [1.165, 1.54) is 5.56 Å². The first-order valence-corrected chi connectivity index (χ1v) is 12.9. The third-order valence-electron chi connectivity index (χ3n) is 6.03. The Morgan fingerprint density at radius 2 is 1.65 bits per heavy atom. The molecule has 0 bridgehead atoms. The summed E-state index contributed by atoms with van der Waals surface area (Å²) < 4.78 is 22.1. The molecular weight excluding hydrogens is 464 g/mol. The average Bonchev–Trinajstić information content (AvgIpc) is 2.91. The van der Waals surface area contributed by atoms with Crippen LogP contribution in [0.4, 0.5) is 0 Å². The summed E-state index contributed by atoms with van der Waals surface area (Å²) in [6.07, 6.45) is 3.92. The van der Waals surface area contributed by atoms with Gasteiger partial charge in [0.05, 0.1) is 13.7 Å². The number of carbonyl (C=O) groups is 1. The van der Waals surface area contributed by atoms with E-state index in [1.807, 2.05) is 49.4 Å². The second-order valence-electron chi connectivity index (χ2n) is 8.99. The van der Waals surface area contributed by atoms with Gasteiger partial charge in [-0.3, -0.25) is 0 Å². The zero-order valence-corrected chi connectivity index (χ0v) is 22.5. The third-order valence-corrected chi connectivity index (χ3v) is 6.03. The molecule has 1 atom stereocenters. The largest absolute Gasteiger partial charge is 0.496 e. The van der Waals surface area contributed by atoms with E-state index in [0.717, 1.165) is 33.8 Å².